The lowest BCUT2D eigenvalue weighted by Gasteiger charge is -2.38. The van der Waals surface area contributed by atoms with Gasteiger partial charge in [0, 0.05) is 24.4 Å². The number of nitrogens with zero attached hydrogens (tertiary/aromatic N) is 1. The van der Waals surface area contributed by atoms with E-state index in [4.69, 9.17) is 4.74 Å². The second-order valence-electron chi connectivity index (χ2n) is 17.6. The van der Waals surface area contributed by atoms with Crippen LogP contribution in [-0.2, 0) is 44.8 Å². The summed E-state index contributed by atoms with van der Waals surface area (Å²) in [5, 5.41) is 39.1. The second-order valence-corrected chi connectivity index (χ2v) is 17.6. The summed E-state index contributed by atoms with van der Waals surface area (Å²) in [6.07, 6.45) is -0.248. The molecule has 2 saturated heterocycles. The van der Waals surface area contributed by atoms with Gasteiger partial charge in [-0.15, -0.1) is 0 Å². The van der Waals surface area contributed by atoms with E-state index in [2.05, 4.69) is 43.8 Å². The van der Waals surface area contributed by atoms with Crippen LogP contribution in [0.4, 0.5) is 0 Å². The Morgan fingerprint density at radius 1 is 0.871 bits per heavy atom. The smallest absolute Gasteiger partial charge is 0.305 e. The number of carbonyl (C=O) groups excluding carboxylic acids is 7. The quantitative estimate of drug-likeness (QED) is 0.131. The summed E-state index contributed by atoms with van der Waals surface area (Å²) in [6, 6.07) is -2.86. The molecule has 0 bridgehead atoms. The van der Waals surface area contributed by atoms with E-state index in [1.807, 2.05) is 0 Å². The Labute approximate surface area is 363 Å². The SMILES string of the molecule is C=CCOc1ccc(C[C@@H]2NC(=O)[C@@H]3CCCN3[C@H](C(=O)NC(C)(C)C)[C@@H](C)NC(=O)[C@H]([C@@H](C)O)NC(=O)[C@H](CC(=O)O)NC(=O)[C@@H](CC(C)C)NC(=O)C[C@H](C)NC2=O)cc1. The monoisotopic (exact) mass is 870 g/mol. The highest BCUT2D eigenvalue weighted by Crippen LogP contribution is 2.24. The maximum absolute atomic E-state index is 14.4. The molecule has 9 N–H and O–H groups in total. The first-order chi connectivity index (χ1) is 29.0. The number of aliphatic hydroxyl groups is 1. The third kappa shape index (κ3) is 15.7. The second kappa shape index (κ2) is 23.0. The molecule has 19 nitrogen and oxygen atoms in total. The van der Waals surface area contributed by atoms with Gasteiger partial charge in [-0.1, -0.05) is 38.6 Å². The maximum Gasteiger partial charge on any atom is 0.305 e. The zero-order chi connectivity index (χ0) is 46.5. The number of hydrogen-bond acceptors (Lipinski definition) is 11. The van der Waals surface area contributed by atoms with Gasteiger partial charge < -0.3 is 52.2 Å². The topological polar surface area (TPSA) is 274 Å². The fourth-order valence-electron chi connectivity index (χ4n) is 7.44. The fraction of sp³-hybridized carbons (Fsp3) is 0.628. The molecule has 0 radical (unpaired) electrons. The molecule has 2 heterocycles. The van der Waals surface area contributed by atoms with Crippen LogP contribution < -0.4 is 42.0 Å². The first kappa shape index (κ1) is 50.8. The van der Waals surface area contributed by atoms with E-state index in [1.165, 1.54) is 13.8 Å². The standard InChI is InChI=1S/C43H66N8O11/c1-10-18-62-28-15-13-27(14-16-28)21-30-37(56)44-24(4)20-33(53)46-29(19-23(2)3)38(57)47-31(22-34(54)55)39(58)49-35(26(6)52)41(60)45-25(5)36(42(61)50-43(7,8)9)51-17-11-12-32(51)40(59)48-30/h10,13-16,23-26,29-32,35-36,52H,1,11-12,17-22H2,2-9H3,(H,44,56)(H,45,60)(H,46,53)(H,47,57)(H,48,59)(H,49,58)(H,50,61)(H,54,55)/t24-,25+,26+,29+,30-,31-,32-,35-,36-/m0/s1. The largest absolute Gasteiger partial charge is 0.490 e. The molecule has 0 aromatic heterocycles. The van der Waals surface area contributed by atoms with E-state index in [9.17, 15) is 48.6 Å². The van der Waals surface area contributed by atoms with Gasteiger partial charge in [0.05, 0.1) is 24.6 Å². The molecule has 0 spiro atoms. The zero-order valence-electron chi connectivity index (χ0n) is 37.0. The summed E-state index contributed by atoms with van der Waals surface area (Å²) < 4.78 is 5.59. The predicted molar refractivity (Wildman–Crippen MR) is 228 cm³/mol. The lowest BCUT2D eigenvalue weighted by Crippen LogP contribution is -2.65. The highest BCUT2D eigenvalue weighted by molar-refractivity contribution is 5.97. The van der Waals surface area contributed by atoms with Gasteiger partial charge in [0.25, 0.3) is 0 Å². The number of carboxylic acid groups (broad SMARTS) is 1. The lowest BCUT2D eigenvalue weighted by atomic mass is 10.0. The van der Waals surface area contributed by atoms with E-state index >= 15 is 0 Å². The number of aliphatic hydroxyl groups excluding tert-OH is 1. The third-order valence-electron chi connectivity index (χ3n) is 10.2. The molecule has 2 aliphatic rings. The molecule has 3 rings (SSSR count). The van der Waals surface area contributed by atoms with Crippen LogP contribution >= 0.6 is 0 Å². The number of rotatable bonds is 11. The molecule has 62 heavy (non-hydrogen) atoms. The van der Waals surface area contributed by atoms with Crippen LogP contribution in [0, 0.1) is 5.92 Å². The van der Waals surface area contributed by atoms with Crippen molar-refractivity contribution in [3.63, 3.8) is 0 Å². The Kier molecular flexibility index (Phi) is 18.9. The average Bonchev–Trinajstić information content (AvgIpc) is 3.63. The van der Waals surface area contributed by atoms with E-state index in [1.54, 1.807) is 76.8 Å². The summed E-state index contributed by atoms with van der Waals surface area (Å²) in [5.74, 6) is -6.31. The first-order valence-electron chi connectivity index (χ1n) is 21.1. The Morgan fingerprint density at radius 2 is 1.48 bits per heavy atom. The summed E-state index contributed by atoms with van der Waals surface area (Å²) in [4.78, 5) is 111. The Hall–Kier alpha value is -5.56. The minimum atomic E-state index is -1.74. The van der Waals surface area contributed by atoms with Crippen molar-refractivity contribution in [2.75, 3.05) is 13.2 Å². The van der Waals surface area contributed by atoms with E-state index in [0.717, 1.165) is 0 Å². The number of nitrogens with one attached hydrogen (secondary N) is 7. The van der Waals surface area contributed by atoms with Crippen LogP contribution in [0.5, 0.6) is 5.75 Å². The normalized spacial score (nSPS) is 27.1. The highest BCUT2D eigenvalue weighted by Gasteiger charge is 2.44. The van der Waals surface area contributed by atoms with Crippen LogP contribution in [-0.4, -0.2) is 136 Å². The number of carboxylic acids is 1. The van der Waals surface area contributed by atoms with Gasteiger partial charge in [0.1, 0.15) is 42.6 Å². The molecule has 0 saturated carbocycles. The molecular formula is C43H66N8O11. The predicted octanol–water partition coefficient (Wildman–Crippen LogP) is -0.204. The van der Waals surface area contributed by atoms with Gasteiger partial charge in [-0.05, 0) is 91.0 Å². The zero-order valence-corrected chi connectivity index (χ0v) is 37.0. The molecule has 7 amide bonds. The first-order valence-corrected chi connectivity index (χ1v) is 21.1. The van der Waals surface area contributed by atoms with Crippen molar-refractivity contribution in [2.24, 2.45) is 5.92 Å². The average molecular weight is 871 g/mol. The summed E-state index contributed by atoms with van der Waals surface area (Å²) in [6.45, 7) is 17.4. The molecule has 1 aromatic rings. The number of ether oxygens (including phenoxy) is 1. The number of fused-ring (bicyclic) bond motifs is 1. The van der Waals surface area contributed by atoms with Crippen molar-refractivity contribution in [2.45, 2.75) is 154 Å². The maximum atomic E-state index is 14.4. The Morgan fingerprint density at radius 3 is 2.06 bits per heavy atom. The molecule has 19 heteroatoms. The molecule has 0 aliphatic carbocycles. The minimum absolute atomic E-state index is 0.0337. The van der Waals surface area contributed by atoms with Crippen molar-refractivity contribution in [3.8, 4) is 5.75 Å². The van der Waals surface area contributed by atoms with Crippen LogP contribution in [0.25, 0.3) is 0 Å². The number of carbonyl (C=O) groups is 8. The molecule has 2 aliphatic heterocycles. The van der Waals surface area contributed by atoms with E-state index < -0.39 is 114 Å². The number of benzene rings is 1. The Bertz CT molecular complexity index is 1780. The molecule has 1 aromatic carbocycles. The molecule has 9 atom stereocenters. The van der Waals surface area contributed by atoms with Crippen LogP contribution in [0.15, 0.2) is 36.9 Å². The third-order valence-corrected chi connectivity index (χ3v) is 10.2. The summed E-state index contributed by atoms with van der Waals surface area (Å²) >= 11 is 0. The van der Waals surface area contributed by atoms with Gasteiger partial charge in [0.15, 0.2) is 0 Å². The van der Waals surface area contributed by atoms with Gasteiger partial charge >= 0.3 is 5.97 Å². The van der Waals surface area contributed by atoms with Crippen molar-refractivity contribution in [1.29, 1.82) is 0 Å². The van der Waals surface area contributed by atoms with Gasteiger partial charge in [0.2, 0.25) is 41.4 Å². The number of hydrogen-bond donors (Lipinski definition) is 9. The number of amides is 7. The van der Waals surface area contributed by atoms with Gasteiger partial charge in [-0.3, -0.25) is 43.3 Å². The summed E-state index contributed by atoms with van der Waals surface area (Å²) in [5.41, 5.74) is -0.0652. The van der Waals surface area contributed by atoms with Crippen molar-refractivity contribution in [1.82, 2.24) is 42.1 Å². The van der Waals surface area contributed by atoms with E-state index in [-0.39, 0.29) is 38.3 Å². The molecular weight excluding hydrogens is 805 g/mol. The van der Waals surface area contributed by atoms with Crippen LogP contribution in [0.1, 0.15) is 93.1 Å². The van der Waals surface area contributed by atoms with Crippen LogP contribution in [0.3, 0.4) is 0 Å². The number of aliphatic carboxylic acids is 1. The van der Waals surface area contributed by atoms with Gasteiger partial charge in [-0.2, -0.15) is 0 Å². The highest BCUT2D eigenvalue weighted by atomic mass is 16.5. The van der Waals surface area contributed by atoms with Crippen molar-refractivity contribution in [3.05, 3.63) is 42.5 Å². The summed E-state index contributed by atoms with van der Waals surface area (Å²) in [7, 11) is 0. The van der Waals surface area contributed by atoms with E-state index in [0.29, 0.717) is 24.2 Å². The van der Waals surface area contributed by atoms with Gasteiger partial charge in [-0.25, -0.2) is 0 Å². The molecule has 2 fully saturated rings. The minimum Gasteiger partial charge on any atom is -0.490 e. The Balaban J connectivity index is 2.12. The van der Waals surface area contributed by atoms with Crippen molar-refractivity contribution < 1.29 is 53.3 Å². The fourth-order valence-corrected chi connectivity index (χ4v) is 7.44. The molecule has 0 unspecified atom stereocenters. The van der Waals surface area contributed by atoms with Crippen molar-refractivity contribution >= 4 is 47.3 Å². The lowest BCUT2D eigenvalue weighted by molar-refractivity contribution is -0.142. The molecule has 344 valence electrons. The van der Waals surface area contributed by atoms with Crippen LogP contribution in [0.2, 0.25) is 0 Å².